The lowest BCUT2D eigenvalue weighted by atomic mass is 10.0. The molecule has 1 aliphatic heterocycles. The van der Waals surface area contributed by atoms with Gasteiger partial charge < -0.3 is 19.5 Å². The fourth-order valence-corrected chi connectivity index (χ4v) is 4.08. The molecule has 0 unspecified atom stereocenters. The molecule has 1 aromatic heterocycles. The standard InChI is InChI=1S/C24H22N2O5/c1-14(23(27)25-15-9-10-20-21(13-15)30-12-11-29-20)31-24(28)22-16-5-2-3-7-18(16)26-19-8-4-6-17(19)22/h2-3,5,7,9-10,13-14H,4,6,8,11-12H2,1H3,(H,25,27)/t14-/m0/s1. The van der Waals surface area contributed by atoms with Crippen LogP contribution in [0.15, 0.2) is 42.5 Å². The van der Waals surface area contributed by atoms with Gasteiger partial charge in [-0.05, 0) is 49.9 Å². The number of hydrogen-bond acceptors (Lipinski definition) is 6. The van der Waals surface area contributed by atoms with Crippen LogP contribution in [0.25, 0.3) is 10.9 Å². The number of aryl methyl sites for hydroxylation is 1. The van der Waals surface area contributed by atoms with E-state index < -0.39 is 18.0 Å². The molecule has 1 aliphatic carbocycles. The molecular weight excluding hydrogens is 396 g/mol. The van der Waals surface area contributed by atoms with Crippen LogP contribution in [0.2, 0.25) is 0 Å². The van der Waals surface area contributed by atoms with Gasteiger partial charge in [-0.15, -0.1) is 0 Å². The Bertz CT molecular complexity index is 1190. The first-order valence-corrected chi connectivity index (χ1v) is 10.4. The van der Waals surface area contributed by atoms with Crippen LogP contribution in [0, 0.1) is 0 Å². The van der Waals surface area contributed by atoms with E-state index in [0.29, 0.717) is 36.0 Å². The maximum Gasteiger partial charge on any atom is 0.339 e. The maximum atomic E-state index is 13.1. The fourth-order valence-electron chi connectivity index (χ4n) is 4.08. The van der Waals surface area contributed by atoms with Gasteiger partial charge in [0.25, 0.3) is 5.91 Å². The molecule has 1 amide bonds. The van der Waals surface area contributed by atoms with E-state index in [1.807, 2.05) is 24.3 Å². The van der Waals surface area contributed by atoms with Crippen LogP contribution in [-0.4, -0.2) is 36.2 Å². The zero-order valence-electron chi connectivity index (χ0n) is 17.1. The molecule has 158 valence electrons. The van der Waals surface area contributed by atoms with Crippen LogP contribution in [0.1, 0.15) is 35.0 Å². The second-order valence-corrected chi connectivity index (χ2v) is 7.68. The largest absolute Gasteiger partial charge is 0.486 e. The molecule has 2 heterocycles. The molecule has 1 N–H and O–H groups in total. The predicted octanol–water partition coefficient (Wildman–Crippen LogP) is 3.68. The highest BCUT2D eigenvalue weighted by atomic mass is 16.6. The first-order chi connectivity index (χ1) is 15.1. The summed E-state index contributed by atoms with van der Waals surface area (Å²) < 4.78 is 16.6. The van der Waals surface area contributed by atoms with Crippen LogP contribution in [0.4, 0.5) is 5.69 Å². The van der Waals surface area contributed by atoms with E-state index in [1.165, 1.54) is 0 Å². The van der Waals surface area contributed by atoms with E-state index in [1.54, 1.807) is 25.1 Å². The summed E-state index contributed by atoms with van der Waals surface area (Å²) in [6.45, 7) is 2.52. The number of carbonyl (C=O) groups excluding carboxylic acids is 2. The highest BCUT2D eigenvalue weighted by Crippen LogP contribution is 2.33. The molecule has 0 radical (unpaired) electrons. The lowest BCUT2D eigenvalue weighted by Crippen LogP contribution is -2.30. The summed E-state index contributed by atoms with van der Waals surface area (Å²) in [6, 6.07) is 12.7. The molecule has 2 aliphatic rings. The van der Waals surface area contributed by atoms with Crippen LogP contribution >= 0.6 is 0 Å². The lowest BCUT2D eigenvalue weighted by Gasteiger charge is -2.20. The minimum Gasteiger partial charge on any atom is -0.486 e. The summed E-state index contributed by atoms with van der Waals surface area (Å²) in [4.78, 5) is 30.5. The number of esters is 1. The zero-order valence-corrected chi connectivity index (χ0v) is 17.1. The SMILES string of the molecule is C[C@H](OC(=O)c1c2c(nc3ccccc13)CCC2)C(=O)Nc1ccc2c(c1)OCCO2. The quantitative estimate of drug-likeness (QED) is 0.651. The lowest BCUT2D eigenvalue weighted by molar-refractivity contribution is -0.123. The number of anilines is 1. The Morgan fingerprint density at radius 1 is 1.06 bits per heavy atom. The smallest absolute Gasteiger partial charge is 0.339 e. The van der Waals surface area contributed by atoms with Crippen molar-refractivity contribution in [3.05, 3.63) is 59.3 Å². The van der Waals surface area contributed by atoms with E-state index >= 15 is 0 Å². The van der Waals surface area contributed by atoms with Crippen molar-refractivity contribution in [2.45, 2.75) is 32.3 Å². The first kappa shape index (κ1) is 19.4. The summed E-state index contributed by atoms with van der Waals surface area (Å²) in [7, 11) is 0. The van der Waals surface area contributed by atoms with Gasteiger partial charge in [-0.2, -0.15) is 0 Å². The van der Waals surface area contributed by atoms with E-state index in [2.05, 4.69) is 5.32 Å². The minimum absolute atomic E-state index is 0.417. The Morgan fingerprint density at radius 3 is 2.74 bits per heavy atom. The predicted molar refractivity (Wildman–Crippen MR) is 115 cm³/mol. The summed E-state index contributed by atoms with van der Waals surface area (Å²) >= 11 is 0. The van der Waals surface area contributed by atoms with Crippen molar-refractivity contribution >= 4 is 28.5 Å². The average Bonchev–Trinajstić information content (AvgIpc) is 3.25. The second kappa shape index (κ2) is 7.91. The van der Waals surface area contributed by atoms with Crippen molar-refractivity contribution in [3.8, 4) is 11.5 Å². The number of rotatable bonds is 4. The second-order valence-electron chi connectivity index (χ2n) is 7.68. The fraction of sp³-hybridized carbons (Fsp3) is 0.292. The molecule has 0 saturated carbocycles. The Morgan fingerprint density at radius 2 is 1.87 bits per heavy atom. The number of benzene rings is 2. The van der Waals surface area contributed by atoms with Gasteiger partial charge in [-0.3, -0.25) is 9.78 Å². The number of carbonyl (C=O) groups is 2. The van der Waals surface area contributed by atoms with E-state index in [9.17, 15) is 9.59 Å². The van der Waals surface area contributed by atoms with Crippen LogP contribution in [-0.2, 0) is 22.4 Å². The molecule has 0 saturated heterocycles. The summed E-state index contributed by atoms with van der Waals surface area (Å²) in [6.07, 6.45) is 1.62. The number of nitrogens with zero attached hydrogens (tertiary/aromatic N) is 1. The first-order valence-electron chi connectivity index (χ1n) is 10.4. The Labute approximate surface area is 179 Å². The highest BCUT2D eigenvalue weighted by Gasteiger charge is 2.27. The number of nitrogens with one attached hydrogen (secondary N) is 1. The van der Waals surface area contributed by atoms with Gasteiger partial charge in [-0.25, -0.2) is 4.79 Å². The van der Waals surface area contributed by atoms with Crippen molar-refractivity contribution in [1.29, 1.82) is 0 Å². The van der Waals surface area contributed by atoms with Gasteiger partial charge in [0.2, 0.25) is 0 Å². The Kier molecular flexibility index (Phi) is 4.94. The normalized spacial score (nSPS) is 15.3. The summed E-state index contributed by atoms with van der Waals surface area (Å²) in [5, 5.41) is 3.53. The van der Waals surface area contributed by atoms with Gasteiger partial charge in [-0.1, -0.05) is 18.2 Å². The van der Waals surface area contributed by atoms with Crippen molar-refractivity contribution in [1.82, 2.24) is 4.98 Å². The number of fused-ring (bicyclic) bond motifs is 3. The molecule has 5 rings (SSSR count). The zero-order chi connectivity index (χ0) is 21.4. The van der Waals surface area contributed by atoms with Gasteiger partial charge in [0.05, 0.1) is 11.1 Å². The molecule has 1 atom stereocenters. The highest BCUT2D eigenvalue weighted by molar-refractivity contribution is 6.06. The molecule has 7 nitrogen and oxygen atoms in total. The van der Waals surface area contributed by atoms with Crippen LogP contribution in [0.3, 0.4) is 0 Å². The van der Waals surface area contributed by atoms with E-state index in [4.69, 9.17) is 19.2 Å². The number of pyridine rings is 1. The average molecular weight is 418 g/mol. The molecule has 3 aromatic rings. The van der Waals surface area contributed by atoms with Crippen molar-refractivity contribution < 1.29 is 23.8 Å². The maximum absolute atomic E-state index is 13.1. The van der Waals surface area contributed by atoms with E-state index in [0.717, 1.165) is 41.4 Å². The van der Waals surface area contributed by atoms with Gasteiger partial charge in [0.15, 0.2) is 17.6 Å². The molecule has 31 heavy (non-hydrogen) atoms. The number of ether oxygens (including phenoxy) is 3. The molecule has 0 fully saturated rings. The van der Waals surface area contributed by atoms with Gasteiger partial charge in [0, 0.05) is 22.8 Å². The van der Waals surface area contributed by atoms with Crippen LogP contribution < -0.4 is 14.8 Å². The summed E-state index contributed by atoms with van der Waals surface area (Å²) in [5.41, 5.74) is 3.72. The third-order valence-electron chi connectivity index (χ3n) is 5.59. The third kappa shape index (κ3) is 3.67. The van der Waals surface area contributed by atoms with Gasteiger partial charge in [0.1, 0.15) is 13.2 Å². The number of hydrogen-bond donors (Lipinski definition) is 1. The molecule has 0 spiro atoms. The molecule has 2 aromatic carbocycles. The Hall–Kier alpha value is -3.61. The minimum atomic E-state index is -0.968. The number of para-hydroxylation sites is 1. The Balaban J connectivity index is 1.35. The molecule has 0 bridgehead atoms. The summed E-state index contributed by atoms with van der Waals surface area (Å²) in [5.74, 6) is 0.302. The van der Waals surface area contributed by atoms with Crippen LogP contribution in [0.5, 0.6) is 11.5 Å². The van der Waals surface area contributed by atoms with Crippen molar-refractivity contribution in [3.63, 3.8) is 0 Å². The number of aromatic nitrogens is 1. The molecule has 7 heteroatoms. The molecular formula is C24H22N2O5. The van der Waals surface area contributed by atoms with Crippen molar-refractivity contribution in [2.24, 2.45) is 0 Å². The topological polar surface area (TPSA) is 86.8 Å². The van der Waals surface area contributed by atoms with Crippen molar-refractivity contribution in [2.75, 3.05) is 18.5 Å². The van der Waals surface area contributed by atoms with Gasteiger partial charge >= 0.3 is 5.97 Å². The third-order valence-corrected chi connectivity index (χ3v) is 5.59. The monoisotopic (exact) mass is 418 g/mol. The van der Waals surface area contributed by atoms with E-state index in [-0.39, 0.29) is 0 Å². The number of amides is 1.